The number of hydrogen-bond donors (Lipinski definition) is 2. The molecule has 1 aromatic heterocycles. The number of halogens is 1. The Labute approximate surface area is 107 Å². The van der Waals surface area contributed by atoms with Gasteiger partial charge in [-0.25, -0.2) is 0 Å². The average molecular weight is 295 g/mol. The topological polar surface area (TPSA) is 66.0 Å². The molecule has 1 heterocycles. The van der Waals surface area contributed by atoms with Crippen molar-refractivity contribution < 1.29 is 9.90 Å². The maximum Gasteiger partial charge on any atom is 0.303 e. The van der Waals surface area contributed by atoms with Crippen LogP contribution in [0.4, 0.5) is 0 Å². The van der Waals surface area contributed by atoms with E-state index in [4.69, 9.17) is 5.11 Å². The van der Waals surface area contributed by atoms with Gasteiger partial charge in [-0.1, -0.05) is 28.1 Å². The van der Waals surface area contributed by atoms with Crippen molar-refractivity contribution in [1.82, 2.24) is 10.2 Å². The standard InChI is InChI=1S/C12H11BrN2O2/c13-9-3-1-8(2-4-9)10-7-14-15-11(10)5-6-12(16)17/h1-4,7H,5-6H2,(H,14,15)(H,16,17). The first-order chi connectivity index (χ1) is 8.16. The lowest BCUT2D eigenvalue weighted by Gasteiger charge is -2.02. The zero-order valence-electron chi connectivity index (χ0n) is 8.98. The zero-order chi connectivity index (χ0) is 12.3. The van der Waals surface area contributed by atoms with Gasteiger partial charge in [0.2, 0.25) is 0 Å². The second-order valence-corrected chi connectivity index (χ2v) is 4.58. The lowest BCUT2D eigenvalue weighted by Crippen LogP contribution is -1.98. The van der Waals surface area contributed by atoms with Crippen molar-refractivity contribution in [2.45, 2.75) is 12.8 Å². The van der Waals surface area contributed by atoms with E-state index < -0.39 is 5.97 Å². The van der Waals surface area contributed by atoms with E-state index in [0.29, 0.717) is 6.42 Å². The predicted octanol–water partition coefficient (Wildman–Crippen LogP) is 2.86. The Morgan fingerprint density at radius 1 is 1.35 bits per heavy atom. The minimum absolute atomic E-state index is 0.103. The fraction of sp³-hybridized carbons (Fsp3) is 0.167. The van der Waals surface area contributed by atoms with Crippen LogP contribution in [0, 0.1) is 0 Å². The quantitative estimate of drug-likeness (QED) is 0.911. The summed E-state index contributed by atoms with van der Waals surface area (Å²) in [7, 11) is 0. The summed E-state index contributed by atoms with van der Waals surface area (Å²) in [5, 5.41) is 15.5. The van der Waals surface area contributed by atoms with E-state index in [1.54, 1.807) is 6.20 Å². The highest BCUT2D eigenvalue weighted by Gasteiger charge is 2.09. The molecule has 2 N–H and O–H groups in total. The van der Waals surface area contributed by atoms with E-state index >= 15 is 0 Å². The van der Waals surface area contributed by atoms with Gasteiger partial charge in [0.1, 0.15) is 0 Å². The Hall–Kier alpha value is -1.62. The predicted molar refractivity (Wildman–Crippen MR) is 67.7 cm³/mol. The van der Waals surface area contributed by atoms with Crippen LogP contribution in [0.3, 0.4) is 0 Å². The highest BCUT2D eigenvalue weighted by Crippen LogP contribution is 2.24. The van der Waals surface area contributed by atoms with Gasteiger partial charge in [0.15, 0.2) is 0 Å². The van der Waals surface area contributed by atoms with Crippen LogP contribution in [-0.2, 0) is 11.2 Å². The van der Waals surface area contributed by atoms with Crippen molar-refractivity contribution in [3.8, 4) is 11.1 Å². The summed E-state index contributed by atoms with van der Waals surface area (Å²) >= 11 is 3.38. The molecular formula is C12H11BrN2O2. The first-order valence-electron chi connectivity index (χ1n) is 5.17. The van der Waals surface area contributed by atoms with Crippen molar-refractivity contribution in [2.75, 3.05) is 0 Å². The summed E-state index contributed by atoms with van der Waals surface area (Å²) in [6.45, 7) is 0. The Bertz CT molecular complexity index is 520. The number of aryl methyl sites for hydroxylation is 1. The highest BCUT2D eigenvalue weighted by atomic mass is 79.9. The lowest BCUT2D eigenvalue weighted by molar-refractivity contribution is -0.136. The average Bonchev–Trinajstić information content (AvgIpc) is 2.75. The third-order valence-corrected chi connectivity index (χ3v) is 2.99. The Morgan fingerprint density at radius 2 is 2.06 bits per heavy atom. The van der Waals surface area contributed by atoms with Crippen molar-refractivity contribution in [2.24, 2.45) is 0 Å². The van der Waals surface area contributed by atoms with Crippen molar-refractivity contribution in [3.63, 3.8) is 0 Å². The molecule has 0 unspecified atom stereocenters. The van der Waals surface area contributed by atoms with Gasteiger partial charge in [-0.2, -0.15) is 5.10 Å². The molecule has 88 valence electrons. The molecular weight excluding hydrogens is 284 g/mol. The second-order valence-electron chi connectivity index (χ2n) is 3.66. The lowest BCUT2D eigenvalue weighted by atomic mass is 10.0. The van der Waals surface area contributed by atoms with Crippen LogP contribution in [0.1, 0.15) is 12.1 Å². The fourth-order valence-corrected chi connectivity index (χ4v) is 1.88. The Morgan fingerprint density at radius 3 is 2.71 bits per heavy atom. The number of carbonyl (C=O) groups is 1. The van der Waals surface area contributed by atoms with E-state index in [9.17, 15) is 4.79 Å². The number of carboxylic acid groups (broad SMARTS) is 1. The van der Waals surface area contributed by atoms with E-state index in [1.165, 1.54) is 0 Å². The highest BCUT2D eigenvalue weighted by molar-refractivity contribution is 9.10. The maximum absolute atomic E-state index is 10.5. The van der Waals surface area contributed by atoms with Crippen LogP contribution < -0.4 is 0 Å². The molecule has 0 fully saturated rings. The summed E-state index contributed by atoms with van der Waals surface area (Å²) in [5.41, 5.74) is 2.84. The monoisotopic (exact) mass is 294 g/mol. The molecule has 5 heteroatoms. The number of aromatic amines is 1. The normalized spacial score (nSPS) is 10.4. The number of aromatic nitrogens is 2. The number of nitrogens with one attached hydrogen (secondary N) is 1. The molecule has 4 nitrogen and oxygen atoms in total. The van der Waals surface area contributed by atoms with Crippen LogP contribution in [0.2, 0.25) is 0 Å². The summed E-state index contributed by atoms with van der Waals surface area (Å²) < 4.78 is 1.01. The zero-order valence-corrected chi connectivity index (χ0v) is 10.6. The number of nitrogens with zero attached hydrogens (tertiary/aromatic N) is 1. The van der Waals surface area contributed by atoms with Gasteiger partial charge in [-0.05, 0) is 17.7 Å². The van der Waals surface area contributed by atoms with Gasteiger partial charge in [0.05, 0.1) is 12.6 Å². The molecule has 0 bridgehead atoms. The van der Waals surface area contributed by atoms with Crippen molar-refractivity contribution in [3.05, 3.63) is 40.6 Å². The third-order valence-electron chi connectivity index (χ3n) is 2.46. The van der Waals surface area contributed by atoms with Gasteiger partial charge < -0.3 is 5.11 Å². The van der Waals surface area contributed by atoms with E-state index in [1.807, 2.05) is 24.3 Å². The number of hydrogen-bond acceptors (Lipinski definition) is 2. The number of benzene rings is 1. The third kappa shape index (κ3) is 2.94. The number of carboxylic acids is 1. The first-order valence-corrected chi connectivity index (χ1v) is 5.96. The number of H-pyrrole nitrogens is 1. The first kappa shape index (κ1) is 11.9. The fourth-order valence-electron chi connectivity index (χ4n) is 1.61. The van der Waals surface area contributed by atoms with Gasteiger partial charge in [0.25, 0.3) is 0 Å². The van der Waals surface area contributed by atoms with Crippen LogP contribution in [0.15, 0.2) is 34.9 Å². The largest absolute Gasteiger partial charge is 0.481 e. The van der Waals surface area contributed by atoms with Crippen molar-refractivity contribution in [1.29, 1.82) is 0 Å². The SMILES string of the molecule is O=C(O)CCc1[nH]ncc1-c1ccc(Br)cc1. The Kier molecular flexibility index (Phi) is 3.58. The minimum atomic E-state index is -0.804. The van der Waals surface area contributed by atoms with Crippen molar-refractivity contribution >= 4 is 21.9 Å². The van der Waals surface area contributed by atoms with Crippen LogP contribution >= 0.6 is 15.9 Å². The molecule has 17 heavy (non-hydrogen) atoms. The molecule has 0 radical (unpaired) electrons. The molecule has 0 aliphatic rings. The molecule has 0 spiro atoms. The molecule has 2 rings (SSSR count). The summed E-state index contributed by atoms with van der Waals surface area (Å²) in [5.74, 6) is -0.804. The van der Waals surface area contributed by atoms with Gasteiger partial charge in [-0.3, -0.25) is 9.89 Å². The van der Waals surface area contributed by atoms with Crippen LogP contribution in [-0.4, -0.2) is 21.3 Å². The van der Waals surface area contributed by atoms with Crippen LogP contribution in [0.5, 0.6) is 0 Å². The molecule has 0 aliphatic heterocycles. The minimum Gasteiger partial charge on any atom is -0.481 e. The van der Waals surface area contributed by atoms with E-state index in [-0.39, 0.29) is 6.42 Å². The van der Waals surface area contributed by atoms with E-state index in [0.717, 1.165) is 21.3 Å². The molecule has 2 aromatic rings. The van der Waals surface area contributed by atoms with Gasteiger partial charge in [0, 0.05) is 22.2 Å². The Balaban J connectivity index is 2.24. The number of rotatable bonds is 4. The van der Waals surface area contributed by atoms with Crippen LogP contribution in [0.25, 0.3) is 11.1 Å². The molecule has 0 saturated heterocycles. The smallest absolute Gasteiger partial charge is 0.303 e. The summed E-state index contributed by atoms with van der Waals surface area (Å²) in [6, 6.07) is 7.84. The van der Waals surface area contributed by atoms with E-state index in [2.05, 4.69) is 26.1 Å². The molecule has 1 aromatic carbocycles. The molecule has 0 aliphatic carbocycles. The summed E-state index contributed by atoms with van der Waals surface area (Å²) in [6.07, 6.45) is 2.28. The molecule has 0 atom stereocenters. The maximum atomic E-state index is 10.5. The number of aliphatic carboxylic acids is 1. The molecule has 0 amide bonds. The molecule has 0 saturated carbocycles. The van der Waals surface area contributed by atoms with Gasteiger partial charge in [-0.15, -0.1) is 0 Å². The second kappa shape index (κ2) is 5.14. The van der Waals surface area contributed by atoms with Gasteiger partial charge >= 0.3 is 5.97 Å². The summed E-state index contributed by atoms with van der Waals surface area (Å²) in [4.78, 5) is 10.5.